The predicted octanol–water partition coefficient (Wildman–Crippen LogP) is 10.8. The van der Waals surface area contributed by atoms with Crippen LogP contribution in [-0.2, 0) is 0 Å². The maximum absolute atomic E-state index is 2.43. The Hall–Kier alpha value is -4.20. The molecule has 0 amide bonds. The second-order valence-electron chi connectivity index (χ2n) is 10.9. The fraction of sp³-hybridized carbons (Fsp3) is 0.0811. The minimum absolute atomic E-state index is 0.759. The summed E-state index contributed by atoms with van der Waals surface area (Å²) in [6.45, 7) is 0. The topological polar surface area (TPSA) is 0 Å². The van der Waals surface area contributed by atoms with Gasteiger partial charge in [0.25, 0.3) is 0 Å². The zero-order valence-corrected chi connectivity index (χ0v) is 21.6. The lowest BCUT2D eigenvalue weighted by molar-refractivity contribution is 1.02. The number of thiophene rings is 1. The summed E-state index contributed by atoms with van der Waals surface area (Å²) in [7, 11) is 0. The molecule has 0 nitrogen and oxygen atoms in total. The molecule has 2 unspecified atom stereocenters. The van der Waals surface area contributed by atoms with E-state index in [2.05, 4.69) is 121 Å². The molecule has 2 atom stereocenters. The first-order valence-electron chi connectivity index (χ1n) is 13.5. The minimum Gasteiger partial charge on any atom is -0.139 e. The number of allylic oxidation sites excluding steroid dienone is 1. The van der Waals surface area contributed by atoms with Gasteiger partial charge in [0.05, 0.1) is 0 Å². The van der Waals surface area contributed by atoms with Gasteiger partial charge in [0.1, 0.15) is 0 Å². The molecule has 1 heteroatoms. The zero-order chi connectivity index (χ0) is 24.8. The second-order valence-corrected chi connectivity index (χ2v) is 11.9. The van der Waals surface area contributed by atoms with Crippen LogP contribution < -0.4 is 0 Å². The Morgan fingerprint density at radius 2 is 1.16 bits per heavy atom. The van der Waals surface area contributed by atoms with Gasteiger partial charge >= 0.3 is 0 Å². The van der Waals surface area contributed by atoms with E-state index in [9.17, 15) is 0 Å². The summed E-state index contributed by atoms with van der Waals surface area (Å²) in [5.74, 6) is 1.54. The molecule has 0 radical (unpaired) electrons. The van der Waals surface area contributed by atoms with Crippen LogP contribution in [0, 0.1) is 5.92 Å². The highest BCUT2D eigenvalue weighted by Crippen LogP contribution is 2.57. The normalized spacial score (nSPS) is 17.8. The molecule has 1 aromatic heterocycles. The zero-order valence-electron chi connectivity index (χ0n) is 20.8. The lowest BCUT2D eigenvalue weighted by atomic mass is 9.91. The van der Waals surface area contributed by atoms with E-state index in [1.807, 2.05) is 11.3 Å². The molecule has 2 aliphatic carbocycles. The summed E-state index contributed by atoms with van der Waals surface area (Å²) in [6, 6.07) is 40.6. The van der Waals surface area contributed by atoms with E-state index in [0.29, 0.717) is 0 Å². The summed E-state index contributed by atoms with van der Waals surface area (Å²) < 4.78 is 1.43. The van der Waals surface area contributed by atoms with Gasteiger partial charge in [-0.1, -0.05) is 109 Å². The molecule has 0 N–H and O–H groups in total. The van der Waals surface area contributed by atoms with Gasteiger partial charge in [-0.2, -0.15) is 0 Å². The maximum Gasteiger partial charge on any atom is 0.0430 e. The maximum atomic E-state index is 2.43. The van der Waals surface area contributed by atoms with Crippen LogP contribution in [0.1, 0.15) is 22.8 Å². The smallest absolute Gasteiger partial charge is 0.0430 e. The van der Waals surface area contributed by atoms with E-state index in [1.54, 1.807) is 4.88 Å². The van der Waals surface area contributed by atoms with E-state index in [-0.39, 0.29) is 0 Å². The van der Waals surface area contributed by atoms with Gasteiger partial charge in [0.2, 0.25) is 0 Å². The SMILES string of the molecule is C1=CC2CC2c2sc3c(-c4cccc(-c5ccc6c7ccccc7c7ccccc7c6c5)c4)cccc3c21. The molecule has 0 aliphatic heterocycles. The van der Waals surface area contributed by atoms with Gasteiger partial charge in [0, 0.05) is 20.9 Å². The van der Waals surface area contributed by atoms with Crippen LogP contribution in [0.2, 0.25) is 0 Å². The first-order chi connectivity index (χ1) is 18.8. The van der Waals surface area contributed by atoms with Crippen molar-refractivity contribution in [3.63, 3.8) is 0 Å². The number of hydrogen-bond donors (Lipinski definition) is 0. The molecule has 2 aliphatic rings. The third-order valence-electron chi connectivity index (χ3n) is 8.72. The summed E-state index contributed by atoms with van der Waals surface area (Å²) in [5.41, 5.74) is 6.65. The van der Waals surface area contributed by atoms with Crippen molar-refractivity contribution in [3.8, 4) is 22.3 Å². The third kappa shape index (κ3) is 2.91. The monoisotopic (exact) mass is 500 g/mol. The van der Waals surface area contributed by atoms with Crippen LogP contribution in [0.25, 0.3) is 70.7 Å². The van der Waals surface area contributed by atoms with E-state index in [0.717, 1.165) is 11.8 Å². The van der Waals surface area contributed by atoms with Crippen LogP contribution >= 0.6 is 11.3 Å². The highest BCUT2D eigenvalue weighted by atomic mass is 32.1. The van der Waals surface area contributed by atoms with Crippen molar-refractivity contribution < 1.29 is 0 Å². The number of hydrogen-bond acceptors (Lipinski definition) is 1. The predicted molar refractivity (Wildman–Crippen MR) is 165 cm³/mol. The van der Waals surface area contributed by atoms with E-state index in [1.165, 1.54) is 76.6 Å². The molecular formula is C37H24S. The van der Waals surface area contributed by atoms with Crippen LogP contribution in [0.4, 0.5) is 0 Å². The van der Waals surface area contributed by atoms with Crippen molar-refractivity contribution in [2.24, 2.45) is 5.92 Å². The fourth-order valence-electron chi connectivity index (χ4n) is 6.73. The van der Waals surface area contributed by atoms with E-state index >= 15 is 0 Å². The largest absolute Gasteiger partial charge is 0.139 e. The molecule has 1 heterocycles. The quantitative estimate of drug-likeness (QED) is 0.207. The van der Waals surface area contributed by atoms with Gasteiger partial charge in [-0.15, -0.1) is 11.3 Å². The lowest BCUT2D eigenvalue weighted by Crippen LogP contribution is -1.86. The fourth-order valence-corrected chi connectivity index (χ4v) is 8.25. The molecule has 0 bridgehead atoms. The molecule has 38 heavy (non-hydrogen) atoms. The first kappa shape index (κ1) is 20.8. The van der Waals surface area contributed by atoms with Gasteiger partial charge in [-0.05, 0) is 84.6 Å². The standard InChI is InChI=1S/C37H24S/c1-2-11-29-27(9-1)28-10-3-4-12-30(28)35-20-23(15-17-31(29)35)22-7-5-8-24(19-22)26-13-6-14-32-33-18-16-25-21-34(25)37(33)38-36(26)32/h1-20,25,34H,21H2. The van der Waals surface area contributed by atoms with Crippen LogP contribution in [-0.4, -0.2) is 0 Å². The highest BCUT2D eigenvalue weighted by molar-refractivity contribution is 7.20. The Labute approximate surface area is 225 Å². The summed E-state index contributed by atoms with van der Waals surface area (Å²) in [5, 5.41) is 9.34. The Morgan fingerprint density at radius 3 is 1.95 bits per heavy atom. The summed E-state index contributed by atoms with van der Waals surface area (Å²) in [6.07, 6.45) is 6.14. The molecule has 7 aromatic rings. The summed E-state index contributed by atoms with van der Waals surface area (Å²) in [4.78, 5) is 1.60. The number of benzene rings is 6. The molecule has 178 valence electrons. The van der Waals surface area contributed by atoms with Gasteiger partial charge in [0.15, 0.2) is 0 Å². The lowest BCUT2D eigenvalue weighted by Gasteiger charge is -2.12. The van der Waals surface area contributed by atoms with Crippen LogP contribution in [0.5, 0.6) is 0 Å². The van der Waals surface area contributed by atoms with Crippen molar-refractivity contribution in [3.05, 3.63) is 126 Å². The average molecular weight is 501 g/mol. The van der Waals surface area contributed by atoms with Gasteiger partial charge in [-0.25, -0.2) is 0 Å². The van der Waals surface area contributed by atoms with Crippen LogP contribution in [0.15, 0.2) is 115 Å². The third-order valence-corrected chi connectivity index (χ3v) is 10.1. The number of rotatable bonds is 2. The molecule has 1 fully saturated rings. The van der Waals surface area contributed by atoms with Crippen molar-refractivity contribution in [1.29, 1.82) is 0 Å². The van der Waals surface area contributed by atoms with Crippen molar-refractivity contribution >= 4 is 59.8 Å². The summed E-state index contributed by atoms with van der Waals surface area (Å²) >= 11 is 2.03. The molecule has 0 spiro atoms. The van der Waals surface area contributed by atoms with Gasteiger partial charge in [-0.3, -0.25) is 0 Å². The molecule has 0 saturated heterocycles. The van der Waals surface area contributed by atoms with E-state index in [4.69, 9.17) is 0 Å². The molecular weight excluding hydrogens is 476 g/mol. The van der Waals surface area contributed by atoms with Crippen molar-refractivity contribution in [2.45, 2.75) is 12.3 Å². The van der Waals surface area contributed by atoms with E-state index < -0.39 is 0 Å². The molecule has 1 saturated carbocycles. The molecule has 6 aromatic carbocycles. The highest BCUT2D eigenvalue weighted by Gasteiger charge is 2.41. The van der Waals surface area contributed by atoms with Gasteiger partial charge < -0.3 is 0 Å². The first-order valence-corrected chi connectivity index (χ1v) is 14.3. The Balaban J connectivity index is 1.23. The Morgan fingerprint density at radius 1 is 0.526 bits per heavy atom. The Bertz CT molecular complexity index is 2090. The Kier molecular flexibility index (Phi) is 4.20. The number of fused-ring (bicyclic) bond motifs is 11. The second kappa shape index (κ2) is 7.66. The molecule has 9 rings (SSSR count). The van der Waals surface area contributed by atoms with Crippen LogP contribution in [0.3, 0.4) is 0 Å². The van der Waals surface area contributed by atoms with Crippen molar-refractivity contribution in [1.82, 2.24) is 0 Å². The minimum atomic E-state index is 0.759. The average Bonchev–Trinajstić information content (AvgIpc) is 3.69. The van der Waals surface area contributed by atoms with Crippen molar-refractivity contribution in [2.75, 3.05) is 0 Å².